The van der Waals surface area contributed by atoms with Crippen molar-refractivity contribution in [3.63, 3.8) is 0 Å². The van der Waals surface area contributed by atoms with E-state index in [0.717, 1.165) is 0 Å². The summed E-state index contributed by atoms with van der Waals surface area (Å²) >= 11 is 0. The van der Waals surface area contributed by atoms with Gasteiger partial charge in [0.1, 0.15) is 11.4 Å². The molecule has 0 aliphatic rings. The molecule has 0 bridgehead atoms. The number of esters is 1. The number of hydrogen-bond acceptors (Lipinski definition) is 3. The van der Waals surface area contributed by atoms with E-state index in [9.17, 15) is 18.0 Å². The van der Waals surface area contributed by atoms with Crippen LogP contribution in [-0.2, 0) is 9.47 Å². The Hall–Kier alpha value is -1.56. The van der Waals surface area contributed by atoms with Crippen molar-refractivity contribution in [2.24, 2.45) is 0 Å². The topological polar surface area (TPSA) is 35.5 Å². The van der Waals surface area contributed by atoms with E-state index in [0.29, 0.717) is 12.1 Å². The molecular weight excluding hydrogens is 225 g/mol. The predicted octanol–water partition coefficient (Wildman–Crippen LogP) is 2.25. The van der Waals surface area contributed by atoms with Crippen molar-refractivity contribution in [3.8, 4) is 0 Å². The van der Waals surface area contributed by atoms with Gasteiger partial charge < -0.3 is 9.47 Å². The van der Waals surface area contributed by atoms with Gasteiger partial charge in [0.2, 0.25) is 0 Å². The molecule has 0 aliphatic heterocycles. The highest BCUT2D eigenvalue weighted by Crippen LogP contribution is 2.16. The van der Waals surface area contributed by atoms with Crippen LogP contribution in [0.15, 0.2) is 12.1 Å². The van der Waals surface area contributed by atoms with Crippen LogP contribution < -0.4 is 0 Å². The summed E-state index contributed by atoms with van der Waals surface area (Å²) in [5.41, 5.74) is -1.06. The summed E-state index contributed by atoms with van der Waals surface area (Å²) in [4.78, 5) is 11.2. The van der Waals surface area contributed by atoms with Crippen molar-refractivity contribution in [2.75, 3.05) is 13.4 Å². The van der Waals surface area contributed by atoms with Crippen LogP contribution in [0, 0.1) is 17.5 Å². The average Bonchev–Trinajstić information content (AvgIpc) is 2.24. The van der Waals surface area contributed by atoms with Crippen molar-refractivity contribution in [3.05, 3.63) is 35.1 Å². The Morgan fingerprint density at radius 1 is 1.25 bits per heavy atom. The molecule has 0 N–H and O–H groups in total. The van der Waals surface area contributed by atoms with E-state index < -0.39 is 35.8 Å². The first-order valence-corrected chi connectivity index (χ1v) is 4.46. The molecule has 1 aromatic rings. The van der Waals surface area contributed by atoms with Gasteiger partial charge in [0.15, 0.2) is 18.4 Å². The molecule has 0 saturated carbocycles. The molecule has 0 saturated heterocycles. The third-order valence-electron chi connectivity index (χ3n) is 1.73. The zero-order chi connectivity index (χ0) is 12.1. The van der Waals surface area contributed by atoms with E-state index in [2.05, 4.69) is 9.47 Å². The van der Waals surface area contributed by atoms with Gasteiger partial charge in [-0.25, -0.2) is 18.0 Å². The highest BCUT2D eigenvalue weighted by atomic mass is 19.2. The average molecular weight is 234 g/mol. The van der Waals surface area contributed by atoms with Crippen LogP contribution in [0.4, 0.5) is 13.2 Å². The number of carbonyl (C=O) groups is 1. The molecule has 0 spiro atoms. The van der Waals surface area contributed by atoms with E-state index in [4.69, 9.17) is 0 Å². The van der Waals surface area contributed by atoms with Gasteiger partial charge in [0, 0.05) is 6.61 Å². The van der Waals surface area contributed by atoms with Crippen LogP contribution in [0.1, 0.15) is 17.3 Å². The third kappa shape index (κ3) is 2.73. The van der Waals surface area contributed by atoms with Gasteiger partial charge >= 0.3 is 5.97 Å². The summed E-state index contributed by atoms with van der Waals surface area (Å²) < 4.78 is 47.9. The Morgan fingerprint density at radius 2 is 1.88 bits per heavy atom. The fourth-order valence-electron chi connectivity index (χ4n) is 0.965. The Balaban J connectivity index is 2.86. The maximum atomic E-state index is 13.1. The zero-order valence-electron chi connectivity index (χ0n) is 8.43. The summed E-state index contributed by atoms with van der Waals surface area (Å²) in [5, 5.41) is 0. The maximum Gasteiger partial charge on any atom is 0.346 e. The van der Waals surface area contributed by atoms with Crippen molar-refractivity contribution in [1.82, 2.24) is 0 Å². The fourth-order valence-corrected chi connectivity index (χ4v) is 0.965. The van der Waals surface area contributed by atoms with Gasteiger partial charge in [-0.2, -0.15) is 0 Å². The summed E-state index contributed by atoms with van der Waals surface area (Å²) in [6.07, 6.45) is 0. The zero-order valence-corrected chi connectivity index (χ0v) is 8.43. The number of halogens is 3. The van der Waals surface area contributed by atoms with Crippen molar-refractivity contribution in [1.29, 1.82) is 0 Å². The highest BCUT2D eigenvalue weighted by molar-refractivity contribution is 5.90. The van der Waals surface area contributed by atoms with Gasteiger partial charge in [-0.3, -0.25) is 0 Å². The van der Waals surface area contributed by atoms with Crippen LogP contribution in [0.2, 0.25) is 0 Å². The Morgan fingerprint density at radius 3 is 2.50 bits per heavy atom. The maximum absolute atomic E-state index is 13.1. The van der Waals surface area contributed by atoms with Gasteiger partial charge in [0.05, 0.1) is 0 Å². The summed E-state index contributed by atoms with van der Waals surface area (Å²) in [6.45, 7) is 1.49. The monoisotopic (exact) mass is 234 g/mol. The minimum Gasteiger partial charge on any atom is -0.435 e. The molecule has 0 radical (unpaired) electrons. The molecule has 1 aromatic carbocycles. The van der Waals surface area contributed by atoms with E-state index in [1.165, 1.54) is 0 Å². The second-order valence-corrected chi connectivity index (χ2v) is 2.76. The second kappa shape index (κ2) is 5.50. The molecule has 16 heavy (non-hydrogen) atoms. The molecule has 3 nitrogen and oxygen atoms in total. The molecule has 0 heterocycles. The lowest BCUT2D eigenvalue weighted by Crippen LogP contribution is -2.13. The molecule has 0 atom stereocenters. The van der Waals surface area contributed by atoms with Crippen LogP contribution in [-0.4, -0.2) is 19.4 Å². The molecule has 88 valence electrons. The lowest BCUT2D eigenvalue weighted by molar-refractivity contribution is -0.0281. The van der Waals surface area contributed by atoms with E-state index >= 15 is 0 Å². The fraction of sp³-hybridized carbons (Fsp3) is 0.300. The molecule has 0 fully saturated rings. The molecule has 0 amide bonds. The van der Waals surface area contributed by atoms with Crippen LogP contribution in [0.3, 0.4) is 0 Å². The Labute approximate surface area is 89.8 Å². The first-order valence-electron chi connectivity index (χ1n) is 4.46. The summed E-state index contributed by atoms with van der Waals surface area (Å²) in [6, 6.07) is 1.24. The van der Waals surface area contributed by atoms with Crippen molar-refractivity contribution in [2.45, 2.75) is 6.92 Å². The second-order valence-electron chi connectivity index (χ2n) is 2.76. The van der Waals surface area contributed by atoms with Gasteiger partial charge in [-0.05, 0) is 19.1 Å². The number of carbonyl (C=O) groups excluding carboxylic acids is 1. The minimum atomic E-state index is -1.57. The van der Waals surface area contributed by atoms with Crippen molar-refractivity contribution < 1.29 is 27.4 Å². The van der Waals surface area contributed by atoms with Crippen LogP contribution in [0.25, 0.3) is 0 Å². The largest absolute Gasteiger partial charge is 0.435 e. The van der Waals surface area contributed by atoms with E-state index in [-0.39, 0.29) is 6.61 Å². The highest BCUT2D eigenvalue weighted by Gasteiger charge is 2.21. The standard InChI is InChI=1S/C10H9F3O3/c1-2-15-5-16-10(14)8-6(11)3-4-7(12)9(8)13/h3-4H,2,5H2,1H3. The molecule has 6 heteroatoms. The van der Waals surface area contributed by atoms with Gasteiger partial charge in [-0.1, -0.05) is 0 Å². The normalized spacial score (nSPS) is 10.2. The minimum absolute atomic E-state index is 0.279. The van der Waals surface area contributed by atoms with Crippen molar-refractivity contribution >= 4 is 5.97 Å². The van der Waals surface area contributed by atoms with Gasteiger partial charge in [0.25, 0.3) is 0 Å². The summed E-state index contributed by atoms with van der Waals surface area (Å²) in [7, 11) is 0. The van der Waals surface area contributed by atoms with Gasteiger partial charge in [-0.15, -0.1) is 0 Å². The van der Waals surface area contributed by atoms with Crippen LogP contribution >= 0.6 is 0 Å². The number of hydrogen-bond donors (Lipinski definition) is 0. The first kappa shape index (κ1) is 12.5. The quantitative estimate of drug-likeness (QED) is 0.347. The molecular formula is C10H9F3O3. The molecule has 0 aliphatic carbocycles. The number of ether oxygens (including phenoxy) is 2. The van der Waals surface area contributed by atoms with E-state index in [1.807, 2.05) is 0 Å². The van der Waals surface area contributed by atoms with Crippen LogP contribution in [0.5, 0.6) is 0 Å². The number of rotatable bonds is 4. The lowest BCUT2D eigenvalue weighted by Gasteiger charge is -2.06. The molecule has 1 rings (SSSR count). The lowest BCUT2D eigenvalue weighted by atomic mass is 10.2. The Bertz CT molecular complexity index is 393. The predicted molar refractivity (Wildman–Crippen MR) is 48.2 cm³/mol. The smallest absolute Gasteiger partial charge is 0.346 e. The Kier molecular flexibility index (Phi) is 4.30. The number of benzene rings is 1. The summed E-state index contributed by atoms with van der Waals surface area (Å²) in [5.74, 6) is -5.37. The SMILES string of the molecule is CCOCOC(=O)c1c(F)ccc(F)c1F. The van der Waals surface area contributed by atoms with E-state index in [1.54, 1.807) is 6.92 Å². The first-order chi connectivity index (χ1) is 7.57. The third-order valence-corrected chi connectivity index (χ3v) is 1.73. The molecule has 0 unspecified atom stereocenters. The molecule has 0 aromatic heterocycles.